The number of benzene rings is 7. The largest absolute Gasteiger partial charge is 0.456 e. The zero-order valence-corrected chi connectivity index (χ0v) is 30.1. The minimum atomic E-state index is 0.655. The highest BCUT2D eigenvalue weighted by atomic mass is 16.3. The summed E-state index contributed by atoms with van der Waals surface area (Å²) < 4.78 is 12.7. The first-order valence-electron chi connectivity index (χ1n) is 18.7. The quantitative estimate of drug-likeness (QED) is 0.171. The molecule has 0 fully saturated rings. The molecule has 11 rings (SSSR count). The number of hydrogen-bond donors (Lipinski definition) is 0. The molecule has 0 saturated carbocycles. The predicted octanol–water partition coefficient (Wildman–Crippen LogP) is 13.7. The van der Waals surface area contributed by atoms with Crippen LogP contribution in [0.1, 0.15) is 0 Å². The summed E-state index contributed by atoms with van der Waals surface area (Å²) >= 11 is 0. The van der Waals surface area contributed by atoms with Gasteiger partial charge < -0.3 is 8.83 Å². The Bertz CT molecular complexity index is 3120. The lowest BCUT2D eigenvalue weighted by atomic mass is 9.91. The number of para-hydroxylation sites is 2. The average molecular weight is 718 g/mol. The first-order valence-corrected chi connectivity index (χ1v) is 18.7. The van der Waals surface area contributed by atoms with Crippen molar-refractivity contribution in [2.24, 2.45) is 0 Å². The van der Waals surface area contributed by atoms with Crippen molar-refractivity contribution < 1.29 is 8.83 Å². The molecule has 0 radical (unpaired) electrons. The van der Waals surface area contributed by atoms with Gasteiger partial charge in [-0.1, -0.05) is 115 Å². The zero-order chi connectivity index (χ0) is 37.0. The fourth-order valence-electron chi connectivity index (χ4n) is 7.97. The Morgan fingerprint density at radius 2 is 0.839 bits per heavy atom. The van der Waals surface area contributed by atoms with E-state index in [0.717, 1.165) is 105 Å². The molecule has 0 saturated heterocycles. The third-order valence-electron chi connectivity index (χ3n) is 10.6. The molecule has 5 nitrogen and oxygen atoms in total. The van der Waals surface area contributed by atoms with Gasteiger partial charge in [-0.15, -0.1) is 0 Å². The summed E-state index contributed by atoms with van der Waals surface area (Å²) in [4.78, 5) is 14.8. The number of pyridine rings is 1. The number of furan rings is 2. The molecule has 11 aromatic rings. The van der Waals surface area contributed by atoms with Crippen molar-refractivity contribution in [3.05, 3.63) is 188 Å². The van der Waals surface area contributed by atoms with Gasteiger partial charge in [-0.25, -0.2) is 9.97 Å². The molecule has 0 unspecified atom stereocenters. The predicted molar refractivity (Wildman–Crippen MR) is 227 cm³/mol. The highest BCUT2D eigenvalue weighted by Gasteiger charge is 2.19. The molecule has 0 aliphatic rings. The number of rotatable bonds is 6. The summed E-state index contributed by atoms with van der Waals surface area (Å²) in [5.41, 5.74) is 14.4. The SMILES string of the molecule is c1ccc(-c2nc(-c3cccc(-c4cccnc4)c3)cc(-c3cc(-c4cccc5oc6ccccc6c45)cc(-c4cccc5oc6ccccc6c45)c3)n2)cc1. The van der Waals surface area contributed by atoms with Crippen molar-refractivity contribution in [1.82, 2.24) is 15.0 Å². The molecular formula is C51H31N3O2. The molecule has 0 N–H and O–H groups in total. The van der Waals surface area contributed by atoms with E-state index in [1.807, 2.05) is 66.9 Å². The van der Waals surface area contributed by atoms with Gasteiger partial charge in [-0.2, -0.15) is 0 Å². The summed E-state index contributed by atoms with van der Waals surface area (Å²) in [5.74, 6) is 0.655. The molecule has 0 amide bonds. The molecule has 0 spiro atoms. The third-order valence-corrected chi connectivity index (χ3v) is 10.6. The summed E-state index contributed by atoms with van der Waals surface area (Å²) in [5, 5.41) is 4.33. The highest BCUT2D eigenvalue weighted by molar-refractivity contribution is 6.15. The minimum Gasteiger partial charge on any atom is -0.456 e. The van der Waals surface area contributed by atoms with Crippen LogP contribution in [0.2, 0.25) is 0 Å². The molecule has 0 bridgehead atoms. The maximum absolute atomic E-state index is 6.37. The maximum atomic E-state index is 6.37. The van der Waals surface area contributed by atoms with Gasteiger partial charge >= 0.3 is 0 Å². The van der Waals surface area contributed by atoms with E-state index >= 15 is 0 Å². The standard InChI is InChI=1S/C51H31N3O2/c1-2-12-32(13-3-1)51-53-43(34-15-8-14-33(26-34)35-16-11-25-52-31-35)30-44(54-51)38-28-36(39-19-9-23-47-49(39)41-17-4-6-21-45(41)55-47)27-37(29-38)40-20-10-24-48-50(40)42-18-5-7-22-46(42)56-48/h1-31H. The lowest BCUT2D eigenvalue weighted by molar-refractivity contribution is 0.668. The Morgan fingerprint density at radius 3 is 1.48 bits per heavy atom. The first kappa shape index (κ1) is 31.9. The van der Waals surface area contributed by atoms with Crippen LogP contribution in [0.3, 0.4) is 0 Å². The molecule has 56 heavy (non-hydrogen) atoms. The number of nitrogens with zero attached hydrogens (tertiary/aromatic N) is 3. The summed E-state index contributed by atoms with van der Waals surface area (Å²) in [6, 6.07) is 60.7. The Labute approximate surface area is 322 Å². The maximum Gasteiger partial charge on any atom is 0.160 e. The molecular weight excluding hydrogens is 687 g/mol. The number of hydrogen-bond acceptors (Lipinski definition) is 5. The molecule has 7 aromatic carbocycles. The van der Waals surface area contributed by atoms with Gasteiger partial charge in [0.15, 0.2) is 5.82 Å². The van der Waals surface area contributed by atoms with Gasteiger partial charge in [0, 0.05) is 56.2 Å². The Balaban J connectivity index is 1.18. The number of aromatic nitrogens is 3. The van der Waals surface area contributed by atoms with Crippen LogP contribution in [-0.4, -0.2) is 15.0 Å². The van der Waals surface area contributed by atoms with Crippen LogP contribution in [0.4, 0.5) is 0 Å². The van der Waals surface area contributed by atoms with Crippen molar-refractivity contribution in [1.29, 1.82) is 0 Å². The fourth-order valence-corrected chi connectivity index (χ4v) is 7.97. The molecule has 262 valence electrons. The Morgan fingerprint density at radius 1 is 0.339 bits per heavy atom. The van der Waals surface area contributed by atoms with Crippen LogP contribution >= 0.6 is 0 Å². The van der Waals surface area contributed by atoms with E-state index in [0.29, 0.717) is 5.82 Å². The van der Waals surface area contributed by atoms with Gasteiger partial charge in [-0.3, -0.25) is 4.98 Å². The zero-order valence-electron chi connectivity index (χ0n) is 30.1. The van der Waals surface area contributed by atoms with E-state index in [-0.39, 0.29) is 0 Å². The van der Waals surface area contributed by atoms with Crippen LogP contribution in [0.15, 0.2) is 197 Å². The molecule has 0 atom stereocenters. The second-order valence-electron chi connectivity index (χ2n) is 14.0. The number of fused-ring (bicyclic) bond motifs is 6. The Kier molecular flexibility index (Phi) is 7.42. The topological polar surface area (TPSA) is 65.0 Å². The fraction of sp³-hybridized carbons (Fsp3) is 0. The summed E-state index contributed by atoms with van der Waals surface area (Å²) in [6.07, 6.45) is 3.68. The van der Waals surface area contributed by atoms with E-state index in [2.05, 4.69) is 120 Å². The van der Waals surface area contributed by atoms with Gasteiger partial charge in [0.1, 0.15) is 22.3 Å². The van der Waals surface area contributed by atoms with Crippen molar-refractivity contribution in [3.63, 3.8) is 0 Å². The van der Waals surface area contributed by atoms with Gasteiger partial charge in [-0.05, 0) is 88.5 Å². The van der Waals surface area contributed by atoms with Crippen LogP contribution in [0.5, 0.6) is 0 Å². The normalized spacial score (nSPS) is 11.6. The van der Waals surface area contributed by atoms with Crippen molar-refractivity contribution in [2.75, 3.05) is 0 Å². The van der Waals surface area contributed by atoms with Gasteiger partial charge in [0.05, 0.1) is 11.4 Å². The summed E-state index contributed by atoms with van der Waals surface area (Å²) in [7, 11) is 0. The van der Waals surface area contributed by atoms with E-state index in [4.69, 9.17) is 18.8 Å². The molecule has 4 heterocycles. The smallest absolute Gasteiger partial charge is 0.160 e. The minimum absolute atomic E-state index is 0.655. The molecule has 0 aliphatic heterocycles. The second kappa shape index (κ2) is 13.0. The molecule has 0 aliphatic carbocycles. The van der Waals surface area contributed by atoms with E-state index in [9.17, 15) is 0 Å². The van der Waals surface area contributed by atoms with Crippen LogP contribution < -0.4 is 0 Å². The van der Waals surface area contributed by atoms with Gasteiger partial charge in [0.25, 0.3) is 0 Å². The molecule has 4 aromatic heterocycles. The third kappa shape index (κ3) is 5.45. The van der Waals surface area contributed by atoms with E-state index < -0.39 is 0 Å². The van der Waals surface area contributed by atoms with Crippen LogP contribution in [0.25, 0.3) is 111 Å². The van der Waals surface area contributed by atoms with Gasteiger partial charge in [0.2, 0.25) is 0 Å². The van der Waals surface area contributed by atoms with E-state index in [1.165, 1.54) is 0 Å². The summed E-state index contributed by atoms with van der Waals surface area (Å²) in [6.45, 7) is 0. The van der Waals surface area contributed by atoms with Crippen molar-refractivity contribution >= 4 is 43.9 Å². The van der Waals surface area contributed by atoms with Crippen LogP contribution in [-0.2, 0) is 0 Å². The van der Waals surface area contributed by atoms with Crippen molar-refractivity contribution in [3.8, 4) is 67.3 Å². The van der Waals surface area contributed by atoms with Crippen LogP contribution in [0, 0.1) is 0 Å². The lowest BCUT2D eigenvalue weighted by Gasteiger charge is -2.14. The highest BCUT2D eigenvalue weighted by Crippen LogP contribution is 2.43. The average Bonchev–Trinajstić information content (AvgIpc) is 3.86. The van der Waals surface area contributed by atoms with Crippen molar-refractivity contribution in [2.45, 2.75) is 0 Å². The first-order chi connectivity index (χ1) is 27.7. The monoisotopic (exact) mass is 717 g/mol. The second-order valence-corrected chi connectivity index (χ2v) is 14.0. The van der Waals surface area contributed by atoms with E-state index in [1.54, 1.807) is 6.20 Å². The molecule has 5 heteroatoms. The lowest BCUT2D eigenvalue weighted by Crippen LogP contribution is -1.97. The Hall–Kier alpha value is -7.63.